The smallest absolute Gasteiger partial charge is 0.271 e. The Morgan fingerprint density at radius 3 is 2.48 bits per heavy atom. The molecule has 1 atom stereocenters. The van der Waals surface area contributed by atoms with Crippen molar-refractivity contribution in [3.8, 4) is 28.5 Å². The van der Waals surface area contributed by atoms with Crippen LogP contribution in [0.15, 0.2) is 42.5 Å². The number of carbonyl (C=O) groups is 1. The maximum absolute atomic E-state index is 14.2. The summed E-state index contributed by atoms with van der Waals surface area (Å²) >= 11 is 1.68. The topological polar surface area (TPSA) is 76.7 Å². The first kappa shape index (κ1) is 23.0. The number of carbonyl (C=O) groups excluding carboxylic acids is 1. The highest BCUT2D eigenvalue weighted by Gasteiger charge is 2.26. The number of methoxy groups -OCH3 is 3. The number of nitrogens with one attached hydrogen (secondary N) is 1. The summed E-state index contributed by atoms with van der Waals surface area (Å²) in [6, 6.07) is 12.1. The standard InChI is InChI=1S/C24H26FN3O4S/c1-30-20-12-15(13-21(31-2)23(20)32-3)18-14-19(27-26-18)24(29)28-9-8-22(33-11-10-28)16-6-4-5-7-17(16)25/h4-7,12-14,22H,8-11H2,1-3H3,(H,26,27). The molecule has 2 aromatic carbocycles. The Bertz CT molecular complexity index is 1110. The van der Waals surface area contributed by atoms with E-state index in [1.54, 1.807) is 62.3 Å². The Morgan fingerprint density at radius 1 is 1.09 bits per heavy atom. The Labute approximate surface area is 196 Å². The summed E-state index contributed by atoms with van der Waals surface area (Å²) in [6.45, 7) is 1.14. The van der Waals surface area contributed by atoms with Gasteiger partial charge < -0.3 is 19.1 Å². The fraction of sp³-hybridized carbons (Fsp3) is 0.333. The van der Waals surface area contributed by atoms with Crippen molar-refractivity contribution in [1.29, 1.82) is 0 Å². The molecule has 0 bridgehead atoms. The van der Waals surface area contributed by atoms with E-state index in [4.69, 9.17) is 14.2 Å². The average Bonchev–Trinajstić information content (AvgIpc) is 3.21. The number of aromatic nitrogens is 2. The second-order valence-electron chi connectivity index (χ2n) is 7.54. The van der Waals surface area contributed by atoms with Crippen molar-refractivity contribution in [2.24, 2.45) is 0 Å². The van der Waals surface area contributed by atoms with Crippen LogP contribution >= 0.6 is 11.8 Å². The van der Waals surface area contributed by atoms with Crippen LogP contribution < -0.4 is 14.2 Å². The predicted octanol–water partition coefficient (Wildman–Crippen LogP) is 4.56. The number of rotatable bonds is 6. The summed E-state index contributed by atoms with van der Waals surface area (Å²) in [4.78, 5) is 14.9. The molecule has 1 saturated heterocycles. The maximum Gasteiger partial charge on any atom is 0.271 e. The van der Waals surface area contributed by atoms with Crippen LogP contribution in [0.4, 0.5) is 4.39 Å². The van der Waals surface area contributed by atoms with E-state index >= 15 is 0 Å². The van der Waals surface area contributed by atoms with Gasteiger partial charge in [-0.1, -0.05) is 18.2 Å². The largest absolute Gasteiger partial charge is 0.493 e. The van der Waals surface area contributed by atoms with Crippen molar-refractivity contribution in [3.05, 3.63) is 59.5 Å². The van der Waals surface area contributed by atoms with Gasteiger partial charge in [-0.05, 0) is 30.7 Å². The number of hydrogen-bond donors (Lipinski definition) is 1. The molecule has 0 radical (unpaired) electrons. The monoisotopic (exact) mass is 471 g/mol. The Balaban J connectivity index is 1.51. The molecule has 1 amide bonds. The highest BCUT2D eigenvalue weighted by molar-refractivity contribution is 7.99. The van der Waals surface area contributed by atoms with E-state index in [-0.39, 0.29) is 17.0 Å². The molecule has 9 heteroatoms. The third-order valence-corrected chi connectivity index (χ3v) is 6.96. The SMILES string of the molecule is COc1cc(-c2cc(C(=O)N3CCSC(c4ccccc4F)CC3)[nH]n2)cc(OC)c1OC. The van der Waals surface area contributed by atoms with Crippen LogP contribution in [0.2, 0.25) is 0 Å². The van der Waals surface area contributed by atoms with E-state index in [2.05, 4.69) is 10.2 Å². The summed E-state index contributed by atoms with van der Waals surface area (Å²) in [5, 5.41) is 7.21. The highest BCUT2D eigenvalue weighted by Crippen LogP contribution is 2.41. The summed E-state index contributed by atoms with van der Waals surface area (Å²) in [7, 11) is 4.64. The quantitative estimate of drug-likeness (QED) is 0.568. The van der Waals surface area contributed by atoms with Crippen LogP contribution in [0.5, 0.6) is 17.2 Å². The number of aromatic amines is 1. The Kier molecular flexibility index (Phi) is 7.08. The van der Waals surface area contributed by atoms with Crippen LogP contribution in [0.1, 0.15) is 27.7 Å². The minimum atomic E-state index is -0.196. The van der Waals surface area contributed by atoms with Crippen molar-refractivity contribution in [2.75, 3.05) is 40.2 Å². The first-order valence-electron chi connectivity index (χ1n) is 10.6. The molecule has 1 fully saturated rings. The lowest BCUT2D eigenvalue weighted by atomic mass is 10.1. The number of amides is 1. The first-order chi connectivity index (χ1) is 16.0. The lowest BCUT2D eigenvalue weighted by Gasteiger charge is -2.19. The fourth-order valence-corrected chi connectivity index (χ4v) is 5.19. The minimum Gasteiger partial charge on any atom is -0.493 e. The summed E-state index contributed by atoms with van der Waals surface area (Å²) in [5.41, 5.74) is 2.41. The van der Waals surface area contributed by atoms with Gasteiger partial charge in [0.05, 0.1) is 27.0 Å². The van der Waals surface area contributed by atoms with Gasteiger partial charge in [0, 0.05) is 35.2 Å². The number of H-pyrrole nitrogens is 1. The van der Waals surface area contributed by atoms with Gasteiger partial charge in [-0.2, -0.15) is 16.9 Å². The molecule has 0 spiro atoms. The van der Waals surface area contributed by atoms with E-state index in [0.29, 0.717) is 53.7 Å². The van der Waals surface area contributed by atoms with Gasteiger partial charge in [0.1, 0.15) is 11.5 Å². The lowest BCUT2D eigenvalue weighted by Crippen LogP contribution is -2.33. The van der Waals surface area contributed by atoms with Gasteiger partial charge in [0.15, 0.2) is 11.5 Å². The first-order valence-corrected chi connectivity index (χ1v) is 11.6. The Morgan fingerprint density at radius 2 is 1.82 bits per heavy atom. The zero-order valence-electron chi connectivity index (χ0n) is 18.8. The van der Waals surface area contributed by atoms with E-state index in [1.807, 2.05) is 12.1 Å². The summed E-state index contributed by atoms with van der Waals surface area (Å²) in [5.74, 6) is 1.91. The zero-order valence-corrected chi connectivity index (χ0v) is 19.6. The van der Waals surface area contributed by atoms with Crippen LogP contribution in [0, 0.1) is 5.82 Å². The van der Waals surface area contributed by atoms with Gasteiger partial charge in [-0.15, -0.1) is 0 Å². The van der Waals surface area contributed by atoms with E-state index < -0.39 is 0 Å². The van der Waals surface area contributed by atoms with Gasteiger partial charge in [-0.25, -0.2) is 4.39 Å². The summed E-state index contributed by atoms with van der Waals surface area (Å²) in [6.07, 6.45) is 0.686. The molecule has 0 aliphatic carbocycles. The fourth-order valence-electron chi connectivity index (χ4n) is 3.94. The molecule has 2 heterocycles. The van der Waals surface area contributed by atoms with Crippen LogP contribution in [-0.4, -0.2) is 61.2 Å². The molecule has 1 N–H and O–H groups in total. The third-order valence-electron chi connectivity index (χ3n) is 5.65. The molecule has 1 aromatic heterocycles. The van der Waals surface area contributed by atoms with E-state index in [9.17, 15) is 9.18 Å². The Hall–Kier alpha value is -3.20. The van der Waals surface area contributed by atoms with Crippen molar-refractivity contribution in [1.82, 2.24) is 15.1 Å². The zero-order chi connectivity index (χ0) is 23.4. The number of thioether (sulfide) groups is 1. The van der Waals surface area contributed by atoms with Crippen LogP contribution in [0.25, 0.3) is 11.3 Å². The van der Waals surface area contributed by atoms with Crippen molar-refractivity contribution in [3.63, 3.8) is 0 Å². The molecule has 174 valence electrons. The van der Waals surface area contributed by atoms with Crippen molar-refractivity contribution in [2.45, 2.75) is 11.7 Å². The molecule has 33 heavy (non-hydrogen) atoms. The molecule has 3 aromatic rings. The van der Waals surface area contributed by atoms with Crippen LogP contribution in [-0.2, 0) is 0 Å². The van der Waals surface area contributed by atoms with Gasteiger partial charge in [0.25, 0.3) is 5.91 Å². The molecule has 7 nitrogen and oxygen atoms in total. The molecular weight excluding hydrogens is 445 g/mol. The minimum absolute atomic E-state index is 0.0283. The summed E-state index contributed by atoms with van der Waals surface area (Å²) < 4.78 is 30.4. The molecule has 4 rings (SSSR count). The number of halogens is 1. The average molecular weight is 472 g/mol. The third kappa shape index (κ3) is 4.78. The molecular formula is C24H26FN3O4S. The van der Waals surface area contributed by atoms with E-state index in [0.717, 1.165) is 11.3 Å². The maximum atomic E-state index is 14.2. The lowest BCUT2D eigenvalue weighted by molar-refractivity contribution is 0.0760. The second-order valence-corrected chi connectivity index (χ2v) is 8.85. The number of ether oxygens (including phenoxy) is 3. The second kappa shape index (κ2) is 10.2. The van der Waals surface area contributed by atoms with Crippen molar-refractivity contribution >= 4 is 17.7 Å². The molecule has 1 unspecified atom stereocenters. The molecule has 0 saturated carbocycles. The number of benzene rings is 2. The number of nitrogens with zero attached hydrogens (tertiary/aromatic N) is 2. The highest BCUT2D eigenvalue weighted by atomic mass is 32.2. The number of hydrogen-bond acceptors (Lipinski definition) is 6. The molecule has 1 aliphatic heterocycles. The van der Waals surface area contributed by atoms with Crippen molar-refractivity contribution < 1.29 is 23.4 Å². The van der Waals surface area contributed by atoms with Gasteiger partial charge >= 0.3 is 0 Å². The van der Waals surface area contributed by atoms with Gasteiger partial charge in [-0.3, -0.25) is 9.89 Å². The van der Waals surface area contributed by atoms with E-state index in [1.165, 1.54) is 6.07 Å². The van der Waals surface area contributed by atoms with Gasteiger partial charge in [0.2, 0.25) is 5.75 Å². The molecule has 1 aliphatic rings. The normalized spacial score (nSPS) is 16.2. The predicted molar refractivity (Wildman–Crippen MR) is 126 cm³/mol. The van der Waals surface area contributed by atoms with Crippen LogP contribution in [0.3, 0.4) is 0 Å².